The number of aliphatic carboxylic acids is 1. The van der Waals surface area contributed by atoms with Crippen LogP contribution in [0.15, 0.2) is 0 Å². The predicted molar refractivity (Wildman–Crippen MR) is 65.1 cm³/mol. The summed E-state index contributed by atoms with van der Waals surface area (Å²) in [7, 11) is 0. The Balaban J connectivity index is 4.18. The van der Waals surface area contributed by atoms with Gasteiger partial charge < -0.3 is 19.3 Å². The zero-order valence-corrected chi connectivity index (χ0v) is 11.9. The quantitative estimate of drug-likeness (QED) is 0.340. The summed E-state index contributed by atoms with van der Waals surface area (Å²) < 4.78 is 12.1. The number of ether oxygens (including phenoxy) is 3. The monoisotopic (exact) mass is 332 g/mol. The molecule has 0 saturated heterocycles. The Kier molecular flexibility index (Phi) is 8.44. The molecule has 0 fully saturated rings. The van der Waals surface area contributed by atoms with Gasteiger partial charge in [-0.3, -0.25) is 33.6 Å². The van der Waals surface area contributed by atoms with E-state index >= 15 is 0 Å². The van der Waals surface area contributed by atoms with Gasteiger partial charge in [0.05, 0.1) is 0 Å². The highest BCUT2D eigenvalue weighted by Crippen LogP contribution is 1.98. The molecule has 0 spiro atoms. The number of carbonyl (C=O) groups excluding carboxylic acids is 6. The van der Waals surface area contributed by atoms with Gasteiger partial charge in [0.2, 0.25) is 0 Å². The van der Waals surface area contributed by atoms with Crippen molar-refractivity contribution in [3.05, 3.63) is 0 Å². The number of rotatable bonds is 7. The zero-order valence-electron chi connectivity index (χ0n) is 11.9. The zero-order chi connectivity index (χ0) is 18.0. The smallest absolute Gasteiger partial charge is 0.324 e. The van der Waals surface area contributed by atoms with E-state index in [1.54, 1.807) is 0 Å². The van der Waals surface area contributed by atoms with Gasteiger partial charge in [-0.2, -0.15) is 0 Å². The van der Waals surface area contributed by atoms with Crippen LogP contribution in [0, 0.1) is 0 Å². The number of carboxylic acids is 1. The molecular weight excluding hydrogens is 320 g/mol. The van der Waals surface area contributed by atoms with Gasteiger partial charge >= 0.3 is 41.8 Å². The van der Waals surface area contributed by atoms with Crippen molar-refractivity contribution in [2.75, 3.05) is 0 Å². The largest absolute Gasteiger partial charge is 0.481 e. The maximum atomic E-state index is 11.1. The second kappa shape index (κ2) is 9.76. The summed E-state index contributed by atoms with van der Waals surface area (Å²) in [5.74, 6) is -9.31. The molecule has 11 nitrogen and oxygen atoms in total. The van der Waals surface area contributed by atoms with Crippen LogP contribution in [-0.2, 0) is 47.8 Å². The van der Waals surface area contributed by atoms with Gasteiger partial charge in [0.1, 0.15) is 19.3 Å². The van der Waals surface area contributed by atoms with Crippen LogP contribution in [0.2, 0.25) is 0 Å². The Labute approximate surface area is 128 Å². The first-order chi connectivity index (χ1) is 10.6. The van der Waals surface area contributed by atoms with Gasteiger partial charge in [-0.1, -0.05) is 6.92 Å². The van der Waals surface area contributed by atoms with E-state index in [2.05, 4.69) is 14.2 Å². The summed E-state index contributed by atoms with van der Waals surface area (Å²) in [6, 6.07) is 0. The fourth-order valence-corrected chi connectivity index (χ4v) is 0.993. The standard InChI is InChI=1S/C12H12O11/c1-2-7(15)21-9(17)4-11(19)23-12(20)5-10(18)22-8(16)3-6(13)14/h2-5H2,1H3,(H,13,14). The molecule has 0 unspecified atom stereocenters. The average Bonchev–Trinajstić information content (AvgIpc) is 2.35. The molecule has 0 rings (SSSR count). The van der Waals surface area contributed by atoms with Gasteiger partial charge in [-0.05, 0) is 0 Å². The maximum absolute atomic E-state index is 11.1. The minimum atomic E-state index is -1.54. The van der Waals surface area contributed by atoms with Crippen LogP contribution in [0.3, 0.4) is 0 Å². The number of hydrogen-bond donors (Lipinski definition) is 1. The van der Waals surface area contributed by atoms with Gasteiger partial charge in [-0.25, -0.2) is 0 Å². The second-order valence-corrected chi connectivity index (χ2v) is 3.82. The normalized spacial score (nSPS) is 9.43. The Morgan fingerprint density at radius 3 is 1.22 bits per heavy atom. The summed E-state index contributed by atoms with van der Waals surface area (Å²) >= 11 is 0. The molecule has 0 heterocycles. The van der Waals surface area contributed by atoms with Crippen molar-refractivity contribution >= 4 is 41.8 Å². The van der Waals surface area contributed by atoms with E-state index in [-0.39, 0.29) is 6.42 Å². The average molecular weight is 332 g/mol. The van der Waals surface area contributed by atoms with Crippen LogP contribution in [0.1, 0.15) is 32.6 Å². The Morgan fingerprint density at radius 2 is 0.913 bits per heavy atom. The van der Waals surface area contributed by atoms with Crippen molar-refractivity contribution in [2.45, 2.75) is 32.6 Å². The van der Waals surface area contributed by atoms with Crippen LogP contribution >= 0.6 is 0 Å². The van der Waals surface area contributed by atoms with Gasteiger partial charge in [0.25, 0.3) is 0 Å². The van der Waals surface area contributed by atoms with E-state index in [0.717, 1.165) is 0 Å². The Morgan fingerprint density at radius 1 is 0.609 bits per heavy atom. The molecule has 0 aromatic heterocycles. The molecule has 0 radical (unpaired) electrons. The molecule has 0 saturated carbocycles. The molecule has 0 aliphatic heterocycles. The molecule has 0 amide bonds. The number of carbonyl (C=O) groups is 7. The highest BCUT2D eigenvalue weighted by atomic mass is 16.6. The van der Waals surface area contributed by atoms with Crippen molar-refractivity contribution in [3.8, 4) is 0 Å². The molecular formula is C12H12O11. The SMILES string of the molecule is CCC(=O)OC(=O)CC(=O)OC(=O)CC(=O)OC(=O)CC(=O)O. The third kappa shape index (κ3) is 10.3. The van der Waals surface area contributed by atoms with Crippen LogP contribution in [0.4, 0.5) is 0 Å². The second-order valence-electron chi connectivity index (χ2n) is 3.82. The summed E-state index contributed by atoms with van der Waals surface area (Å²) in [6.45, 7) is 1.41. The van der Waals surface area contributed by atoms with Gasteiger partial charge in [0, 0.05) is 6.42 Å². The van der Waals surface area contributed by atoms with Crippen LogP contribution < -0.4 is 0 Å². The molecule has 1 N–H and O–H groups in total. The third-order valence-electron chi connectivity index (χ3n) is 1.84. The lowest BCUT2D eigenvalue weighted by molar-refractivity contribution is -0.166. The molecule has 126 valence electrons. The first-order valence-corrected chi connectivity index (χ1v) is 6.06. The lowest BCUT2D eigenvalue weighted by Gasteiger charge is -2.03. The highest BCUT2D eigenvalue weighted by molar-refractivity contribution is 6.04. The first kappa shape index (κ1) is 19.9. The molecule has 0 atom stereocenters. The summed E-state index contributed by atoms with van der Waals surface area (Å²) in [4.78, 5) is 76.0. The summed E-state index contributed by atoms with van der Waals surface area (Å²) in [6.07, 6.45) is -3.38. The molecule has 0 aliphatic carbocycles. The van der Waals surface area contributed by atoms with E-state index in [4.69, 9.17) is 5.11 Å². The molecule has 0 bridgehead atoms. The number of carboxylic acid groups (broad SMARTS) is 1. The van der Waals surface area contributed by atoms with E-state index in [1.165, 1.54) is 6.92 Å². The molecule has 0 aromatic carbocycles. The van der Waals surface area contributed by atoms with E-state index < -0.39 is 61.0 Å². The van der Waals surface area contributed by atoms with Crippen molar-refractivity contribution in [2.24, 2.45) is 0 Å². The highest BCUT2D eigenvalue weighted by Gasteiger charge is 2.22. The van der Waals surface area contributed by atoms with E-state index in [0.29, 0.717) is 0 Å². The lowest BCUT2D eigenvalue weighted by Crippen LogP contribution is -2.23. The Hall–Kier alpha value is -3.11. The maximum Gasteiger partial charge on any atom is 0.324 e. The van der Waals surface area contributed by atoms with Crippen molar-refractivity contribution in [3.63, 3.8) is 0 Å². The van der Waals surface area contributed by atoms with Crippen LogP contribution in [0.5, 0.6) is 0 Å². The molecule has 11 heteroatoms. The van der Waals surface area contributed by atoms with E-state index in [9.17, 15) is 33.6 Å². The number of esters is 6. The molecule has 0 aromatic rings. The summed E-state index contributed by atoms with van der Waals surface area (Å²) in [5.41, 5.74) is 0. The Bertz CT molecular complexity index is 545. The fourth-order valence-electron chi connectivity index (χ4n) is 0.993. The van der Waals surface area contributed by atoms with Crippen molar-refractivity contribution in [1.29, 1.82) is 0 Å². The topological polar surface area (TPSA) is 167 Å². The molecule has 0 aliphatic rings. The number of hydrogen-bond acceptors (Lipinski definition) is 10. The van der Waals surface area contributed by atoms with Gasteiger partial charge in [0.15, 0.2) is 0 Å². The van der Waals surface area contributed by atoms with Gasteiger partial charge in [-0.15, -0.1) is 0 Å². The van der Waals surface area contributed by atoms with Crippen LogP contribution in [0.25, 0.3) is 0 Å². The van der Waals surface area contributed by atoms with Crippen molar-refractivity contribution in [1.82, 2.24) is 0 Å². The van der Waals surface area contributed by atoms with Crippen LogP contribution in [-0.4, -0.2) is 46.9 Å². The minimum absolute atomic E-state index is 0.101. The minimum Gasteiger partial charge on any atom is -0.481 e. The molecule has 23 heavy (non-hydrogen) atoms. The van der Waals surface area contributed by atoms with Crippen molar-refractivity contribution < 1.29 is 52.9 Å². The first-order valence-electron chi connectivity index (χ1n) is 6.06. The predicted octanol–water partition coefficient (Wildman–Crippen LogP) is -1.14. The lowest BCUT2D eigenvalue weighted by atomic mass is 10.4. The third-order valence-corrected chi connectivity index (χ3v) is 1.84. The van der Waals surface area contributed by atoms with E-state index in [1.807, 2.05) is 0 Å². The summed E-state index contributed by atoms with van der Waals surface area (Å²) in [5, 5.41) is 8.25. The fraction of sp³-hybridized carbons (Fsp3) is 0.417.